The molecule has 1 aliphatic rings. The number of nitrogens with zero attached hydrogens (tertiary/aromatic N) is 2. The van der Waals surface area contributed by atoms with Crippen molar-refractivity contribution in [3.05, 3.63) is 12.0 Å². The SMILES string of the molecule is CCOP(=O)(CO[C@H]1O[C@@H](n2cnc(C(N)=O)c2O[Si](C)(C)C(C)(C)C)C(=O)C1O)OCC. The zero-order valence-electron chi connectivity index (χ0n) is 20.1. The Bertz CT molecular complexity index is 905. The van der Waals surface area contributed by atoms with E-state index in [0.717, 1.165) is 0 Å². The molecule has 188 valence electrons. The van der Waals surface area contributed by atoms with Gasteiger partial charge in [0.2, 0.25) is 17.9 Å². The zero-order chi connectivity index (χ0) is 25.2. The van der Waals surface area contributed by atoms with E-state index >= 15 is 0 Å². The lowest BCUT2D eigenvalue weighted by molar-refractivity contribution is -0.169. The molecule has 33 heavy (non-hydrogen) atoms. The van der Waals surface area contributed by atoms with Gasteiger partial charge in [-0.1, -0.05) is 20.8 Å². The van der Waals surface area contributed by atoms with Gasteiger partial charge < -0.3 is 33.8 Å². The van der Waals surface area contributed by atoms with Crippen molar-refractivity contribution in [1.29, 1.82) is 0 Å². The Morgan fingerprint density at radius 2 is 1.88 bits per heavy atom. The van der Waals surface area contributed by atoms with E-state index in [0.29, 0.717) is 0 Å². The van der Waals surface area contributed by atoms with Crippen LogP contribution in [0.2, 0.25) is 18.1 Å². The molecule has 0 aliphatic carbocycles. The number of ether oxygens (including phenoxy) is 2. The van der Waals surface area contributed by atoms with Crippen molar-refractivity contribution in [2.45, 2.75) is 71.4 Å². The number of aliphatic hydroxyl groups is 1. The van der Waals surface area contributed by atoms with E-state index in [9.17, 15) is 19.3 Å². The van der Waals surface area contributed by atoms with Crippen molar-refractivity contribution in [2.24, 2.45) is 5.73 Å². The first-order chi connectivity index (χ1) is 15.2. The van der Waals surface area contributed by atoms with Crippen molar-refractivity contribution in [3.63, 3.8) is 0 Å². The van der Waals surface area contributed by atoms with Crippen LogP contribution in [0.4, 0.5) is 0 Å². The Morgan fingerprint density at radius 1 is 1.30 bits per heavy atom. The molecular formula is C19H34N3O9PSi. The number of ketones is 1. The van der Waals surface area contributed by atoms with Crippen molar-refractivity contribution in [1.82, 2.24) is 9.55 Å². The average Bonchev–Trinajstić information content (AvgIpc) is 3.21. The van der Waals surface area contributed by atoms with Crippen LogP contribution in [0, 0.1) is 0 Å². The molecule has 1 unspecified atom stereocenters. The molecule has 0 aromatic carbocycles. The molecule has 1 amide bonds. The number of nitrogens with two attached hydrogens (primary N) is 1. The van der Waals surface area contributed by atoms with Crippen LogP contribution >= 0.6 is 7.60 Å². The summed E-state index contributed by atoms with van der Waals surface area (Å²) in [6.45, 7) is 13.4. The number of Topliss-reactive ketones (excluding diaryl/α,β-unsaturated/α-hetero) is 1. The fraction of sp³-hybridized carbons (Fsp3) is 0.737. The van der Waals surface area contributed by atoms with E-state index in [4.69, 9.17) is 28.7 Å². The highest BCUT2D eigenvalue weighted by Crippen LogP contribution is 2.49. The number of aromatic nitrogens is 2. The number of aliphatic hydroxyl groups excluding tert-OH is 1. The number of carbonyl (C=O) groups excluding carboxylic acids is 2. The molecule has 2 heterocycles. The van der Waals surface area contributed by atoms with Gasteiger partial charge in [-0.15, -0.1) is 0 Å². The quantitative estimate of drug-likeness (QED) is 0.336. The van der Waals surface area contributed by atoms with Crippen LogP contribution < -0.4 is 10.2 Å². The van der Waals surface area contributed by atoms with E-state index in [2.05, 4.69) is 4.98 Å². The molecule has 14 heteroatoms. The lowest BCUT2D eigenvalue weighted by Crippen LogP contribution is -2.45. The van der Waals surface area contributed by atoms with Crippen molar-refractivity contribution < 1.29 is 42.2 Å². The van der Waals surface area contributed by atoms with Gasteiger partial charge in [-0.25, -0.2) is 4.98 Å². The molecule has 1 saturated heterocycles. The highest BCUT2D eigenvalue weighted by atomic mass is 31.2. The van der Waals surface area contributed by atoms with E-state index in [1.165, 1.54) is 10.9 Å². The lowest BCUT2D eigenvalue weighted by Gasteiger charge is -2.36. The third-order valence-corrected chi connectivity index (χ3v) is 11.6. The maximum absolute atomic E-state index is 12.8. The number of hydrogen-bond acceptors (Lipinski definition) is 10. The number of imidazole rings is 1. The number of carbonyl (C=O) groups is 2. The van der Waals surface area contributed by atoms with Crippen LogP contribution in [-0.4, -0.2) is 66.6 Å². The van der Waals surface area contributed by atoms with E-state index in [1.807, 2.05) is 33.9 Å². The summed E-state index contributed by atoms with van der Waals surface area (Å²) >= 11 is 0. The molecule has 3 N–H and O–H groups in total. The monoisotopic (exact) mass is 507 g/mol. The normalized spacial score (nSPS) is 22.1. The Balaban J connectivity index is 2.31. The maximum atomic E-state index is 12.8. The van der Waals surface area contributed by atoms with E-state index in [1.54, 1.807) is 13.8 Å². The summed E-state index contributed by atoms with van der Waals surface area (Å²) in [4.78, 5) is 28.7. The van der Waals surface area contributed by atoms with Crippen LogP contribution in [0.15, 0.2) is 6.33 Å². The summed E-state index contributed by atoms with van der Waals surface area (Å²) < 4.78 is 41.4. The second-order valence-corrected chi connectivity index (χ2v) is 15.7. The summed E-state index contributed by atoms with van der Waals surface area (Å²) in [7, 11) is -6.08. The van der Waals surface area contributed by atoms with Gasteiger partial charge in [0, 0.05) is 0 Å². The Morgan fingerprint density at radius 3 is 2.36 bits per heavy atom. The van der Waals surface area contributed by atoms with Gasteiger partial charge in [-0.3, -0.25) is 18.7 Å². The fourth-order valence-corrected chi connectivity index (χ4v) is 5.07. The predicted octanol–water partition coefficient (Wildman–Crippen LogP) is 2.39. The molecule has 1 fully saturated rings. The third kappa shape index (κ3) is 6.10. The smallest absolute Gasteiger partial charge is 0.356 e. The van der Waals surface area contributed by atoms with Crippen LogP contribution in [-0.2, 0) is 27.9 Å². The van der Waals surface area contributed by atoms with Gasteiger partial charge in [-0.2, -0.15) is 0 Å². The number of rotatable bonds is 11. The number of hydrogen-bond donors (Lipinski definition) is 2. The number of primary amides is 1. The third-order valence-electron chi connectivity index (χ3n) is 5.50. The molecule has 2 rings (SSSR count). The van der Waals surface area contributed by atoms with Crippen molar-refractivity contribution >= 4 is 27.6 Å². The van der Waals surface area contributed by atoms with Gasteiger partial charge in [0.15, 0.2) is 24.4 Å². The molecule has 12 nitrogen and oxygen atoms in total. The second kappa shape index (κ2) is 10.3. The molecule has 1 aliphatic heterocycles. The molecule has 0 radical (unpaired) electrons. The summed E-state index contributed by atoms with van der Waals surface area (Å²) in [5.74, 6) is -1.61. The van der Waals surface area contributed by atoms with Crippen LogP contribution in [0.1, 0.15) is 51.3 Å². The largest absolute Gasteiger partial charge is 0.530 e. The Kier molecular flexibility index (Phi) is 8.66. The average molecular weight is 508 g/mol. The lowest BCUT2D eigenvalue weighted by atomic mass is 10.2. The van der Waals surface area contributed by atoms with Gasteiger partial charge in [-0.05, 0) is 32.0 Å². The predicted molar refractivity (Wildman–Crippen MR) is 120 cm³/mol. The minimum absolute atomic E-state index is 0.0189. The van der Waals surface area contributed by atoms with Gasteiger partial charge in [0.05, 0.1) is 13.2 Å². The van der Waals surface area contributed by atoms with E-state index in [-0.39, 0.29) is 29.8 Å². The van der Waals surface area contributed by atoms with Gasteiger partial charge >= 0.3 is 7.60 Å². The first kappa shape index (κ1) is 27.6. The molecule has 1 aromatic heterocycles. The highest BCUT2D eigenvalue weighted by molar-refractivity contribution is 7.53. The first-order valence-corrected chi connectivity index (χ1v) is 15.2. The molecule has 0 bridgehead atoms. The Hall–Kier alpha value is -1.60. The van der Waals surface area contributed by atoms with Crippen LogP contribution in [0.3, 0.4) is 0 Å². The maximum Gasteiger partial charge on any atom is 0.356 e. The minimum Gasteiger partial charge on any atom is -0.530 e. The van der Waals surface area contributed by atoms with Crippen LogP contribution in [0.5, 0.6) is 5.88 Å². The zero-order valence-corrected chi connectivity index (χ0v) is 22.0. The second-order valence-electron chi connectivity index (χ2n) is 8.98. The molecule has 0 saturated carbocycles. The van der Waals surface area contributed by atoms with Gasteiger partial charge in [0.1, 0.15) is 6.33 Å². The summed E-state index contributed by atoms with van der Waals surface area (Å²) in [6.07, 6.45) is -3.88. The highest BCUT2D eigenvalue weighted by Gasteiger charge is 2.48. The van der Waals surface area contributed by atoms with Crippen molar-refractivity contribution in [3.8, 4) is 5.88 Å². The van der Waals surface area contributed by atoms with Gasteiger partial charge in [0.25, 0.3) is 14.2 Å². The molecule has 3 atom stereocenters. The summed E-state index contributed by atoms with van der Waals surface area (Å²) in [5, 5.41) is 10.2. The topological polar surface area (TPSA) is 161 Å². The molecular weight excluding hydrogens is 473 g/mol. The summed E-state index contributed by atoms with van der Waals surface area (Å²) in [6, 6.07) is 0. The van der Waals surface area contributed by atoms with E-state index < -0.39 is 52.6 Å². The minimum atomic E-state index is -3.60. The molecule has 1 aromatic rings. The first-order valence-electron chi connectivity index (χ1n) is 10.6. The van der Waals surface area contributed by atoms with Crippen molar-refractivity contribution in [2.75, 3.05) is 19.6 Å². The Labute approximate surface area is 194 Å². The summed E-state index contributed by atoms with van der Waals surface area (Å²) in [5.41, 5.74) is 5.30. The standard InChI is InChI=1S/C19H34N3O9PSi/c1-8-28-32(26,29-9-2)11-27-18-14(24)13(23)17(30-18)22-10-21-12(15(20)25)16(22)31-33(6,7)19(3,4)5/h10,14,17-18,24H,8-9,11H2,1-7H3,(H2,20,25)/t14?,17-,18+/m1/s1. The van der Waals surface area contributed by atoms with Crippen LogP contribution in [0.25, 0.3) is 0 Å². The number of amides is 1. The molecule has 0 spiro atoms. The fourth-order valence-electron chi connectivity index (χ4n) is 2.73.